The number of nitro benzene ring substituents is 1. The van der Waals surface area contributed by atoms with E-state index in [2.05, 4.69) is 17.0 Å². The van der Waals surface area contributed by atoms with Gasteiger partial charge in [-0.25, -0.2) is 9.97 Å². The van der Waals surface area contributed by atoms with Crippen LogP contribution in [0.1, 0.15) is 51.4 Å². The van der Waals surface area contributed by atoms with Crippen LogP contribution >= 0.6 is 11.3 Å². The SMILES string of the molecule is O=C(c1ccc([N+](=O)[O-])cc1)N1CCN(c2nc(Cc3ccccc3)nc3sc4c(c23)CCCCC4)CC1. The molecule has 2 aromatic heterocycles. The zero-order chi connectivity index (χ0) is 26.1. The van der Waals surface area contributed by atoms with Gasteiger partial charge in [0.15, 0.2) is 0 Å². The van der Waals surface area contributed by atoms with Crippen LogP contribution in [-0.2, 0) is 19.3 Å². The minimum atomic E-state index is -0.452. The number of anilines is 1. The maximum Gasteiger partial charge on any atom is 0.269 e. The third kappa shape index (κ3) is 4.86. The number of aryl methyl sites for hydroxylation is 2. The Balaban J connectivity index is 1.28. The predicted molar refractivity (Wildman–Crippen MR) is 149 cm³/mol. The number of hydrogen-bond acceptors (Lipinski definition) is 7. The van der Waals surface area contributed by atoms with Crippen LogP contribution in [0.5, 0.6) is 0 Å². The number of rotatable bonds is 5. The summed E-state index contributed by atoms with van der Waals surface area (Å²) in [7, 11) is 0. The Morgan fingerprint density at radius 3 is 2.39 bits per heavy atom. The number of nitrogens with zero attached hydrogens (tertiary/aromatic N) is 5. The van der Waals surface area contributed by atoms with Crippen molar-refractivity contribution >= 4 is 39.0 Å². The summed E-state index contributed by atoms with van der Waals surface area (Å²) in [4.78, 5) is 40.5. The molecule has 0 bridgehead atoms. The van der Waals surface area contributed by atoms with Crippen molar-refractivity contribution in [1.29, 1.82) is 0 Å². The lowest BCUT2D eigenvalue weighted by molar-refractivity contribution is -0.384. The molecule has 1 aliphatic heterocycles. The largest absolute Gasteiger partial charge is 0.352 e. The van der Waals surface area contributed by atoms with Crippen LogP contribution in [0.15, 0.2) is 54.6 Å². The van der Waals surface area contributed by atoms with Gasteiger partial charge in [0.25, 0.3) is 11.6 Å². The monoisotopic (exact) mass is 527 g/mol. The number of hydrogen-bond donors (Lipinski definition) is 0. The molecule has 1 saturated heterocycles. The molecule has 4 aromatic rings. The number of piperazine rings is 1. The van der Waals surface area contributed by atoms with Crippen LogP contribution in [0.2, 0.25) is 0 Å². The molecule has 2 aromatic carbocycles. The molecule has 194 valence electrons. The topological polar surface area (TPSA) is 92.5 Å². The summed E-state index contributed by atoms with van der Waals surface area (Å²) >= 11 is 1.83. The van der Waals surface area contributed by atoms with Crippen molar-refractivity contribution in [2.75, 3.05) is 31.1 Å². The van der Waals surface area contributed by atoms with Gasteiger partial charge in [-0.1, -0.05) is 36.8 Å². The van der Waals surface area contributed by atoms with Gasteiger partial charge in [-0.3, -0.25) is 14.9 Å². The third-order valence-corrected chi connectivity index (χ3v) is 8.67. The van der Waals surface area contributed by atoms with E-state index in [9.17, 15) is 14.9 Å². The lowest BCUT2D eigenvalue weighted by atomic mass is 10.1. The van der Waals surface area contributed by atoms with E-state index >= 15 is 0 Å². The summed E-state index contributed by atoms with van der Waals surface area (Å²) < 4.78 is 0. The van der Waals surface area contributed by atoms with E-state index in [1.165, 1.54) is 64.9 Å². The van der Waals surface area contributed by atoms with Crippen molar-refractivity contribution < 1.29 is 9.72 Å². The lowest BCUT2D eigenvalue weighted by Gasteiger charge is -2.36. The molecule has 1 aliphatic carbocycles. The number of aromatic nitrogens is 2. The van der Waals surface area contributed by atoms with Crippen LogP contribution in [0, 0.1) is 10.1 Å². The van der Waals surface area contributed by atoms with E-state index in [-0.39, 0.29) is 11.6 Å². The molecule has 8 nitrogen and oxygen atoms in total. The molecule has 9 heteroatoms. The number of benzene rings is 2. The summed E-state index contributed by atoms with van der Waals surface area (Å²) in [6, 6.07) is 16.2. The Kier molecular flexibility index (Phi) is 6.76. The number of carbonyl (C=O) groups is 1. The van der Waals surface area contributed by atoms with E-state index in [0.29, 0.717) is 38.2 Å². The number of nitro groups is 1. The quantitative estimate of drug-likeness (QED) is 0.195. The standard InChI is InChI=1S/C29H29N5O3S/c35-29(21-11-13-22(14-12-21)34(36)37)33-17-15-32(16-18-33)27-26-23-9-5-2-6-10-24(23)38-28(26)31-25(30-27)19-20-7-3-1-4-8-20/h1,3-4,7-8,11-14H,2,5-6,9-10,15-19H2. The fraction of sp³-hybridized carbons (Fsp3) is 0.345. The molecule has 0 spiro atoms. The Labute approximate surface area is 225 Å². The number of amides is 1. The van der Waals surface area contributed by atoms with Gasteiger partial charge in [0.1, 0.15) is 16.5 Å². The number of thiophene rings is 1. The van der Waals surface area contributed by atoms with E-state index < -0.39 is 4.92 Å². The second-order valence-electron chi connectivity index (χ2n) is 9.95. The molecule has 0 unspecified atom stereocenters. The normalized spacial score (nSPS) is 15.8. The van der Waals surface area contributed by atoms with Gasteiger partial charge < -0.3 is 9.80 Å². The summed E-state index contributed by atoms with van der Waals surface area (Å²) in [6.45, 7) is 2.50. The molecular weight excluding hydrogens is 498 g/mol. The van der Waals surface area contributed by atoms with Gasteiger partial charge in [0.2, 0.25) is 0 Å². The first-order valence-corrected chi connectivity index (χ1v) is 14.0. The molecule has 0 N–H and O–H groups in total. The van der Waals surface area contributed by atoms with Crippen LogP contribution in [0.3, 0.4) is 0 Å². The molecule has 0 atom stereocenters. The van der Waals surface area contributed by atoms with Gasteiger partial charge in [0.05, 0.1) is 10.3 Å². The Morgan fingerprint density at radius 2 is 1.66 bits per heavy atom. The van der Waals surface area contributed by atoms with E-state index in [4.69, 9.17) is 9.97 Å². The summed E-state index contributed by atoms with van der Waals surface area (Å²) in [5, 5.41) is 12.2. The van der Waals surface area contributed by atoms with Gasteiger partial charge in [-0.05, 0) is 48.9 Å². The maximum atomic E-state index is 13.1. The summed E-state index contributed by atoms with van der Waals surface area (Å²) in [5.41, 5.74) is 3.07. The van der Waals surface area contributed by atoms with Crippen LogP contribution in [0.25, 0.3) is 10.2 Å². The molecule has 2 aliphatic rings. The van der Waals surface area contributed by atoms with Crippen molar-refractivity contribution in [2.24, 2.45) is 0 Å². The highest BCUT2D eigenvalue weighted by molar-refractivity contribution is 7.19. The predicted octanol–water partition coefficient (Wildman–Crippen LogP) is 5.42. The molecule has 0 radical (unpaired) electrons. The van der Waals surface area contributed by atoms with E-state index in [1.54, 1.807) is 0 Å². The first-order chi connectivity index (χ1) is 18.6. The zero-order valence-corrected chi connectivity index (χ0v) is 22.0. The average Bonchev–Trinajstić information content (AvgIpc) is 3.13. The first-order valence-electron chi connectivity index (χ1n) is 13.2. The van der Waals surface area contributed by atoms with Crippen molar-refractivity contribution in [3.8, 4) is 0 Å². The van der Waals surface area contributed by atoms with Crippen molar-refractivity contribution in [2.45, 2.75) is 38.5 Å². The fourth-order valence-electron chi connectivity index (χ4n) is 5.47. The van der Waals surface area contributed by atoms with Gasteiger partial charge in [-0.15, -0.1) is 11.3 Å². The Morgan fingerprint density at radius 1 is 0.921 bits per heavy atom. The maximum absolute atomic E-state index is 13.1. The third-order valence-electron chi connectivity index (χ3n) is 7.49. The summed E-state index contributed by atoms with van der Waals surface area (Å²) in [6.07, 6.45) is 6.55. The first kappa shape index (κ1) is 24.5. The van der Waals surface area contributed by atoms with Gasteiger partial charge >= 0.3 is 0 Å². The van der Waals surface area contributed by atoms with E-state index in [1.807, 2.05) is 34.4 Å². The van der Waals surface area contributed by atoms with E-state index in [0.717, 1.165) is 29.3 Å². The molecule has 3 heterocycles. The minimum Gasteiger partial charge on any atom is -0.352 e. The van der Waals surface area contributed by atoms with Gasteiger partial charge in [0, 0.05) is 55.2 Å². The molecule has 38 heavy (non-hydrogen) atoms. The number of non-ortho nitro benzene ring substituents is 1. The molecule has 1 amide bonds. The van der Waals surface area contributed by atoms with Crippen molar-refractivity contribution in [3.63, 3.8) is 0 Å². The molecule has 6 rings (SSSR count). The molecule has 0 saturated carbocycles. The summed E-state index contributed by atoms with van der Waals surface area (Å²) in [5.74, 6) is 1.74. The fourth-order valence-corrected chi connectivity index (χ4v) is 6.75. The second-order valence-corrected chi connectivity index (χ2v) is 11.0. The van der Waals surface area contributed by atoms with Crippen LogP contribution in [-0.4, -0.2) is 51.9 Å². The number of carbonyl (C=O) groups excluding carboxylic acids is 1. The highest BCUT2D eigenvalue weighted by Gasteiger charge is 2.28. The second kappa shape index (κ2) is 10.5. The van der Waals surface area contributed by atoms with Crippen molar-refractivity contribution in [1.82, 2.24) is 14.9 Å². The highest BCUT2D eigenvalue weighted by atomic mass is 32.1. The highest BCUT2D eigenvalue weighted by Crippen LogP contribution is 2.39. The Bertz CT molecular complexity index is 1480. The minimum absolute atomic E-state index is 0.0136. The van der Waals surface area contributed by atoms with Crippen LogP contribution in [0.4, 0.5) is 11.5 Å². The van der Waals surface area contributed by atoms with Crippen molar-refractivity contribution in [3.05, 3.63) is 92.1 Å². The smallest absolute Gasteiger partial charge is 0.269 e. The zero-order valence-electron chi connectivity index (χ0n) is 21.1. The van der Waals surface area contributed by atoms with Crippen LogP contribution < -0.4 is 4.90 Å². The molecular formula is C29H29N5O3S. The number of fused-ring (bicyclic) bond motifs is 3. The lowest BCUT2D eigenvalue weighted by Crippen LogP contribution is -2.49. The Hall–Kier alpha value is -3.85. The molecule has 1 fully saturated rings. The average molecular weight is 528 g/mol. The van der Waals surface area contributed by atoms with Gasteiger partial charge in [-0.2, -0.15) is 0 Å².